The number of anilines is 1. The fourth-order valence-corrected chi connectivity index (χ4v) is 5.63. The summed E-state index contributed by atoms with van der Waals surface area (Å²) in [6, 6.07) is 15.0. The van der Waals surface area contributed by atoms with Gasteiger partial charge in [-0.15, -0.1) is 0 Å². The van der Waals surface area contributed by atoms with Crippen LogP contribution in [0.15, 0.2) is 59.5 Å². The number of ether oxygens (including phenoxy) is 4. The Hall–Kier alpha value is -3.14. The van der Waals surface area contributed by atoms with E-state index < -0.39 is 10.0 Å². The van der Waals surface area contributed by atoms with Crippen molar-refractivity contribution in [2.45, 2.75) is 17.4 Å². The van der Waals surface area contributed by atoms with E-state index in [1.54, 1.807) is 36.4 Å². The van der Waals surface area contributed by atoms with Crippen LogP contribution in [0.1, 0.15) is 6.42 Å². The maximum Gasteiger partial charge on any atom is 0.262 e. The maximum absolute atomic E-state index is 13.7. The highest BCUT2D eigenvalue weighted by atomic mass is 35.5. The van der Waals surface area contributed by atoms with Crippen molar-refractivity contribution in [3.63, 3.8) is 0 Å². The predicted molar refractivity (Wildman–Crippen MR) is 140 cm³/mol. The molecule has 36 heavy (non-hydrogen) atoms. The molecule has 0 saturated carbocycles. The molecule has 192 valence electrons. The molecule has 0 amide bonds. The summed E-state index contributed by atoms with van der Waals surface area (Å²) < 4.78 is 52.5. The molecular weight excluding hydrogens is 504 g/mol. The summed E-state index contributed by atoms with van der Waals surface area (Å²) in [5.41, 5.74) is 1.31. The molecule has 4 rings (SSSR count). The van der Waals surface area contributed by atoms with Gasteiger partial charge in [-0.3, -0.25) is 4.72 Å². The number of sulfonamides is 1. The molecule has 1 aliphatic heterocycles. The molecule has 0 aliphatic carbocycles. The number of hydrogen-bond donors (Lipinski definition) is 1. The van der Waals surface area contributed by atoms with E-state index in [4.69, 9.17) is 30.5 Å². The lowest BCUT2D eigenvalue weighted by atomic mass is 10.0. The van der Waals surface area contributed by atoms with Crippen LogP contribution in [-0.4, -0.2) is 60.9 Å². The number of likely N-dealkylation sites (tertiary alicyclic amines) is 1. The van der Waals surface area contributed by atoms with Crippen LogP contribution in [0.2, 0.25) is 5.02 Å². The molecule has 0 bridgehead atoms. The SMILES string of the molecule is COc1cc(-c2ccccc2OC)c(S(=O)(=O)Nc2ccc(Cl)c(OC3CCN(C)C3)c2)cc1OC. The minimum Gasteiger partial charge on any atom is -0.496 e. The normalized spacial score (nSPS) is 16.0. The van der Waals surface area contributed by atoms with Crippen molar-refractivity contribution in [1.29, 1.82) is 0 Å². The zero-order valence-electron chi connectivity index (χ0n) is 20.6. The van der Waals surface area contributed by atoms with Gasteiger partial charge in [0.1, 0.15) is 17.6 Å². The number of hydrogen-bond acceptors (Lipinski definition) is 7. The number of nitrogens with zero attached hydrogens (tertiary/aromatic N) is 1. The Morgan fingerprint density at radius 2 is 1.58 bits per heavy atom. The van der Waals surface area contributed by atoms with Crippen molar-refractivity contribution >= 4 is 27.3 Å². The van der Waals surface area contributed by atoms with Gasteiger partial charge in [0, 0.05) is 36.3 Å². The van der Waals surface area contributed by atoms with Crippen molar-refractivity contribution in [2.75, 3.05) is 46.2 Å². The second-order valence-corrected chi connectivity index (χ2v) is 10.5. The first-order valence-electron chi connectivity index (χ1n) is 11.3. The van der Waals surface area contributed by atoms with Gasteiger partial charge in [0.05, 0.1) is 36.9 Å². The Kier molecular flexibility index (Phi) is 7.82. The standard InChI is InChI=1S/C26H29ClN2O6S/c1-29-12-11-18(16-29)35-23-13-17(9-10-21(23)27)28-36(30,31)26-15-25(34-4)24(33-3)14-20(26)19-7-5-6-8-22(19)32-2/h5-10,13-15,18,28H,11-12,16H2,1-4H3. The Labute approximate surface area is 216 Å². The molecule has 1 fully saturated rings. The number of halogens is 1. The first-order chi connectivity index (χ1) is 17.2. The van der Waals surface area contributed by atoms with E-state index in [1.165, 1.54) is 27.4 Å². The topological polar surface area (TPSA) is 86.3 Å². The third-order valence-electron chi connectivity index (χ3n) is 6.00. The van der Waals surface area contributed by atoms with Crippen LogP contribution >= 0.6 is 11.6 Å². The summed E-state index contributed by atoms with van der Waals surface area (Å²) >= 11 is 6.35. The lowest BCUT2D eigenvalue weighted by Gasteiger charge is -2.19. The quantitative estimate of drug-likeness (QED) is 0.418. The third kappa shape index (κ3) is 5.48. The van der Waals surface area contributed by atoms with Crippen molar-refractivity contribution in [2.24, 2.45) is 0 Å². The molecule has 0 aromatic heterocycles. The minimum atomic E-state index is -4.09. The van der Waals surface area contributed by atoms with E-state index >= 15 is 0 Å². The Morgan fingerprint density at radius 1 is 0.889 bits per heavy atom. The fraction of sp³-hybridized carbons (Fsp3) is 0.308. The molecule has 1 unspecified atom stereocenters. The van der Waals surface area contributed by atoms with Crippen molar-refractivity contribution in [3.05, 3.63) is 59.6 Å². The van der Waals surface area contributed by atoms with Crippen LogP contribution in [-0.2, 0) is 10.0 Å². The van der Waals surface area contributed by atoms with E-state index in [2.05, 4.69) is 9.62 Å². The molecule has 1 heterocycles. The first-order valence-corrected chi connectivity index (χ1v) is 13.2. The number of nitrogens with one attached hydrogen (secondary N) is 1. The molecule has 1 N–H and O–H groups in total. The number of para-hydroxylation sites is 1. The van der Waals surface area contributed by atoms with E-state index in [-0.39, 0.29) is 16.7 Å². The molecule has 0 radical (unpaired) electrons. The summed E-state index contributed by atoms with van der Waals surface area (Å²) in [5.74, 6) is 1.61. The molecule has 1 aliphatic rings. The Balaban J connectivity index is 1.75. The number of methoxy groups -OCH3 is 3. The van der Waals surface area contributed by atoms with Gasteiger partial charge < -0.3 is 23.8 Å². The van der Waals surface area contributed by atoms with Gasteiger partial charge in [0.2, 0.25) is 0 Å². The highest BCUT2D eigenvalue weighted by Gasteiger charge is 2.26. The average molecular weight is 533 g/mol. The molecule has 1 saturated heterocycles. The van der Waals surface area contributed by atoms with Crippen molar-refractivity contribution in [3.8, 4) is 34.1 Å². The van der Waals surface area contributed by atoms with Gasteiger partial charge in [-0.05, 0) is 37.7 Å². The molecule has 10 heteroatoms. The molecule has 8 nitrogen and oxygen atoms in total. The molecule has 3 aromatic carbocycles. The summed E-state index contributed by atoms with van der Waals surface area (Å²) in [5, 5.41) is 0.410. The van der Waals surface area contributed by atoms with E-state index in [1.807, 2.05) is 19.2 Å². The third-order valence-corrected chi connectivity index (χ3v) is 7.73. The Morgan fingerprint density at radius 3 is 2.25 bits per heavy atom. The van der Waals surface area contributed by atoms with E-state index in [0.29, 0.717) is 39.1 Å². The summed E-state index contributed by atoms with van der Waals surface area (Å²) in [6.45, 7) is 1.71. The van der Waals surface area contributed by atoms with Gasteiger partial charge in [-0.1, -0.05) is 29.8 Å². The second-order valence-electron chi connectivity index (χ2n) is 8.45. The minimum absolute atomic E-state index is 0.000476. The van der Waals surface area contributed by atoms with Crippen molar-refractivity contribution in [1.82, 2.24) is 4.90 Å². The predicted octanol–water partition coefficient (Wildman–Crippen LogP) is 4.92. The lowest BCUT2D eigenvalue weighted by molar-refractivity contribution is 0.208. The molecule has 0 spiro atoms. The van der Waals surface area contributed by atoms with E-state index in [9.17, 15) is 8.42 Å². The van der Waals surface area contributed by atoms with Crippen LogP contribution in [0.3, 0.4) is 0 Å². The average Bonchev–Trinajstić information content (AvgIpc) is 3.29. The van der Waals surface area contributed by atoms with Crippen LogP contribution in [0.5, 0.6) is 23.0 Å². The van der Waals surface area contributed by atoms with Crippen LogP contribution in [0.25, 0.3) is 11.1 Å². The van der Waals surface area contributed by atoms with Gasteiger partial charge in [-0.25, -0.2) is 8.42 Å². The zero-order valence-corrected chi connectivity index (χ0v) is 22.2. The molecule has 3 aromatic rings. The van der Waals surface area contributed by atoms with Crippen molar-refractivity contribution < 1.29 is 27.4 Å². The summed E-state index contributed by atoms with van der Waals surface area (Å²) in [4.78, 5) is 2.17. The summed E-state index contributed by atoms with van der Waals surface area (Å²) in [6.07, 6.45) is 0.860. The fourth-order valence-electron chi connectivity index (χ4n) is 4.20. The highest BCUT2D eigenvalue weighted by molar-refractivity contribution is 7.92. The largest absolute Gasteiger partial charge is 0.496 e. The number of likely N-dealkylation sites (N-methyl/N-ethyl adjacent to an activating group) is 1. The molecule has 1 atom stereocenters. The number of rotatable bonds is 9. The molecular formula is C26H29ClN2O6S. The summed E-state index contributed by atoms with van der Waals surface area (Å²) in [7, 11) is 2.41. The van der Waals surface area contributed by atoms with Gasteiger partial charge in [0.15, 0.2) is 11.5 Å². The van der Waals surface area contributed by atoms with Crippen LogP contribution in [0, 0.1) is 0 Å². The van der Waals surface area contributed by atoms with Crippen LogP contribution in [0.4, 0.5) is 5.69 Å². The van der Waals surface area contributed by atoms with Gasteiger partial charge in [0.25, 0.3) is 10.0 Å². The smallest absolute Gasteiger partial charge is 0.262 e. The van der Waals surface area contributed by atoms with E-state index in [0.717, 1.165) is 19.5 Å². The monoisotopic (exact) mass is 532 g/mol. The number of benzene rings is 3. The lowest BCUT2D eigenvalue weighted by Crippen LogP contribution is -2.21. The highest BCUT2D eigenvalue weighted by Crippen LogP contribution is 2.42. The van der Waals surface area contributed by atoms with Gasteiger partial charge in [-0.2, -0.15) is 0 Å². The zero-order chi connectivity index (χ0) is 25.9. The first kappa shape index (κ1) is 25.9. The maximum atomic E-state index is 13.7. The Bertz CT molecular complexity index is 1350. The van der Waals surface area contributed by atoms with Gasteiger partial charge >= 0.3 is 0 Å². The second kappa shape index (κ2) is 10.9. The van der Waals surface area contributed by atoms with Crippen LogP contribution < -0.4 is 23.7 Å².